The Morgan fingerprint density at radius 1 is 1.56 bits per heavy atom. The van der Waals surface area contributed by atoms with E-state index < -0.39 is 5.97 Å². The van der Waals surface area contributed by atoms with Crippen LogP contribution in [0.15, 0.2) is 22.0 Å². The summed E-state index contributed by atoms with van der Waals surface area (Å²) in [5.74, 6) is -0.578. The first-order valence-corrected chi connectivity index (χ1v) is 6.18. The fourth-order valence-corrected chi connectivity index (χ4v) is 2.67. The summed E-state index contributed by atoms with van der Waals surface area (Å²) in [4.78, 5) is 18.5. The van der Waals surface area contributed by atoms with Crippen LogP contribution in [-0.2, 0) is 0 Å². The Kier molecular flexibility index (Phi) is 3.17. The van der Waals surface area contributed by atoms with Gasteiger partial charge < -0.3 is 10.1 Å². The lowest BCUT2D eigenvalue weighted by Gasteiger charge is -1.99. The zero-order valence-corrected chi connectivity index (χ0v) is 10.9. The van der Waals surface area contributed by atoms with E-state index in [4.69, 9.17) is 17.3 Å². The van der Waals surface area contributed by atoms with Gasteiger partial charge in [0, 0.05) is 6.07 Å². The molecule has 0 amide bonds. The van der Waals surface area contributed by atoms with Crippen LogP contribution in [0.1, 0.15) is 10.5 Å². The van der Waals surface area contributed by atoms with Crippen LogP contribution in [0.3, 0.4) is 0 Å². The molecule has 0 fully saturated rings. The standard InChI is InChI=1S/C9H5BrN2O2S2/c10-6-2-1-5(16-6)8-11-4(9(13)14)3-7(15)12-8/h1-3H,(H,13,14)(H,11,12,15). The number of nitrogens with one attached hydrogen (secondary N) is 1. The SMILES string of the molecule is O=C(O)c1cc(=S)nc(-c2ccc(Br)s2)[nH]1. The van der Waals surface area contributed by atoms with Crippen molar-refractivity contribution in [1.29, 1.82) is 0 Å². The van der Waals surface area contributed by atoms with E-state index in [1.165, 1.54) is 17.4 Å². The Bertz CT molecular complexity index is 606. The summed E-state index contributed by atoms with van der Waals surface area (Å²) in [6.07, 6.45) is 0. The molecule has 16 heavy (non-hydrogen) atoms. The van der Waals surface area contributed by atoms with Crippen molar-refractivity contribution in [2.24, 2.45) is 0 Å². The Labute approximate surface area is 108 Å². The van der Waals surface area contributed by atoms with Crippen LogP contribution in [-0.4, -0.2) is 21.0 Å². The molecule has 82 valence electrons. The van der Waals surface area contributed by atoms with Crippen molar-refractivity contribution in [3.05, 3.63) is 32.3 Å². The molecule has 0 aromatic carbocycles. The van der Waals surface area contributed by atoms with Crippen LogP contribution in [0.25, 0.3) is 10.7 Å². The van der Waals surface area contributed by atoms with Gasteiger partial charge in [-0.05, 0) is 28.1 Å². The molecule has 0 atom stereocenters. The topological polar surface area (TPSA) is 66.0 Å². The van der Waals surface area contributed by atoms with Crippen LogP contribution < -0.4 is 0 Å². The van der Waals surface area contributed by atoms with E-state index in [2.05, 4.69) is 25.9 Å². The predicted molar refractivity (Wildman–Crippen MR) is 67.4 cm³/mol. The molecule has 0 aliphatic carbocycles. The van der Waals surface area contributed by atoms with Gasteiger partial charge in [0.1, 0.15) is 16.2 Å². The highest BCUT2D eigenvalue weighted by molar-refractivity contribution is 9.11. The lowest BCUT2D eigenvalue weighted by Crippen LogP contribution is -2.02. The van der Waals surface area contributed by atoms with Gasteiger partial charge in [0.25, 0.3) is 0 Å². The van der Waals surface area contributed by atoms with Crippen LogP contribution in [0.2, 0.25) is 0 Å². The predicted octanol–water partition coefficient (Wildman–Crippen LogP) is 3.33. The molecule has 0 saturated heterocycles. The second kappa shape index (κ2) is 4.44. The molecule has 7 heteroatoms. The van der Waals surface area contributed by atoms with E-state index in [0.717, 1.165) is 8.66 Å². The monoisotopic (exact) mass is 316 g/mol. The zero-order chi connectivity index (χ0) is 11.7. The number of thiophene rings is 1. The number of carbonyl (C=O) groups is 1. The van der Waals surface area contributed by atoms with E-state index in [-0.39, 0.29) is 10.3 Å². The molecule has 0 aliphatic heterocycles. The highest BCUT2D eigenvalue weighted by Gasteiger charge is 2.08. The smallest absolute Gasteiger partial charge is 0.352 e. The van der Waals surface area contributed by atoms with Gasteiger partial charge in [-0.2, -0.15) is 0 Å². The maximum atomic E-state index is 10.8. The molecule has 2 rings (SSSR count). The molecule has 2 N–H and O–H groups in total. The second-order valence-corrected chi connectivity index (χ2v) is 5.77. The molecule has 0 spiro atoms. The minimum absolute atomic E-state index is 0.0412. The zero-order valence-electron chi connectivity index (χ0n) is 7.73. The maximum Gasteiger partial charge on any atom is 0.352 e. The summed E-state index contributed by atoms with van der Waals surface area (Å²) in [5.41, 5.74) is 0.0412. The number of hydrogen-bond donors (Lipinski definition) is 2. The van der Waals surface area contributed by atoms with Crippen LogP contribution in [0.4, 0.5) is 0 Å². The van der Waals surface area contributed by atoms with E-state index >= 15 is 0 Å². The third kappa shape index (κ3) is 2.37. The number of carboxylic acids is 1. The molecule has 2 aromatic rings. The molecule has 4 nitrogen and oxygen atoms in total. The number of halogens is 1. The van der Waals surface area contributed by atoms with Crippen molar-refractivity contribution in [2.75, 3.05) is 0 Å². The molecule has 0 saturated carbocycles. The molecular formula is C9H5BrN2O2S2. The minimum Gasteiger partial charge on any atom is -0.477 e. The highest BCUT2D eigenvalue weighted by Crippen LogP contribution is 2.28. The lowest BCUT2D eigenvalue weighted by atomic mass is 10.4. The van der Waals surface area contributed by atoms with E-state index in [1.807, 2.05) is 12.1 Å². The molecule has 2 heterocycles. The van der Waals surface area contributed by atoms with Gasteiger partial charge in [0.15, 0.2) is 0 Å². The molecule has 0 aliphatic rings. The summed E-state index contributed by atoms with van der Waals surface area (Å²) in [5, 5.41) is 8.87. The number of H-pyrrole nitrogens is 1. The molecular weight excluding hydrogens is 312 g/mol. The number of hydrogen-bond acceptors (Lipinski definition) is 4. The average Bonchev–Trinajstić information content (AvgIpc) is 2.64. The van der Waals surface area contributed by atoms with Crippen molar-refractivity contribution in [3.63, 3.8) is 0 Å². The van der Waals surface area contributed by atoms with E-state index in [1.54, 1.807) is 0 Å². The summed E-state index contributed by atoms with van der Waals surface area (Å²) < 4.78 is 1.21. The summed E-state index contributed by atoms with van der Waals surface area (Å²) in [7, 11) is 0. The van der Waals surface area contributed by atoms with E-state index in [0.29, 0.717) is 5.82 Å². The Morgan fingerprint density at radius 2 is 2.31 bits per heavy atom. The van der Waals surface area contributed by atoms with Crippen molar-refractivity contribution in [1.82, 2.24) is 9.97 Å². The van der Waals surface area contributed by atoms with E-state index in [9.17, 15) is 4.79 Å². The van der Waals surface area contributed by atoms with Crippen molar-refractivity contribution >= 4 is 45.5 Å². The number of carboxylic acid groups (broad SMARTS) is 1. The average molecular weight is 317 g/mol. The van der Waals surface area contributed by atoms with Gasteiger partial charge in [0.2, 0.25) is 0 Å². The normalized spacial score (nSPS) is 10.3. The van der Waals surface area contributed by atoms with Gasteiger partial charge in [-0.3, -0.25) is 0 Å². The summed E-state index contributed by atoms with van der Waals surface area (Å²) in [6, 6.07) is 5.03. The van der Waals surface area contributed by atoms with Gasteiger partial charge in [-0.15, -0.1) is 11.3 Å². The van der Waals surface area contributed by atoms with Crippen molar-refractivity contribution < 1.29 is 9.90 Å². The molecule has 2 aromatic heterocycles. The fourth-order valence-electron chi connectivity index (χ4n) is 1.13. The first-order valence-electron chi connectivity index (χ1n) is 4.16. The number of aromatic carboxylic acids is 1. The third-order valence-corrected chi connectivity index (χ3v) is 3.62. The maximum absolute atomic E-state index is 10.8. The second-order valence-electron chi connectivity index (χ2n) is 2.89. The van der Waals surface area contributed by atoms with Gasteiger partial charge >= 0.3 is 5.97 Å². The van der Waals surface area contributed by atoms with Crippen LogP contribution in [0.5, 0.6) is 0 Å². The van der Waals surface area contributed by atoms with Gasteiger partial charge in [-0.1, -0.05) is 12.2 Å². The number of nitrogens with zero attached hydrogens (tertiary/aromatic N) is 1. The fraction of sp³-hybridized carbons (Fsp3) is 0. The largest absolute Gasteiger partial charge is 0.477 e. The molecule has 0 unspecified atom stereocenters. The van der Waals surface area contributed by atoms with Crippen LogP contribution in [0, 0.1) is 4.64 Å². The Hall–Kier alpha value is -1.05. The Morgan fingerprint density at radius 3 is 2.88 bits per heavy atom. The van der Waals surface area contributed by atoms with Crippen LogP contribution >= 0.6 is 39.5 Å². The quantitative estimate of drug-likeness (QED) is 0.834. The number of aromatic amines is 1. The Balaban J connectivity index is 2.57. The van der Waals surface area contributed by atoms with Gasteiger partial charge in [-0.25, -0.2) is 9.78 Å². The highest BCUT2D eigenvalue weighted by atomic mass is 79.9. The van der Waals surface area contributed by atoms with Crippen molar-refractivity contribution in [3.8, 4) is 10.7 Å². The summed E-state index contributed by atoms with van der Waals surface area (Å²) >= 11 is 9.70. The first kappa shape index (κ1) is 11.4. The van der Waals surface area contributed by atoms with Crippen molar-refractivity contribution in [2.45, 2.75) is 0 Å². The first-order chi connectivity index (χ1) is 7.56. The third-order valence-electron chi connectivity index (χ3n) is 1.78. The number of aromatic nitrogens is 2. The van der Waals surface area contributed by atoms with Gasteiger partial charge in [0.05, 0.1) is 8.66 Å². The summed E-state index contributed by atoms with van der Waals surface area (Å²) in [6.45, 7) is 0. The molecule has 0 bridgehead atoms. The lowest BCUT2D eigenvalue weighted by molar-refractivity contribution is 0.0690. The minimum atomic E-state index is -1.05. The number of rotatable bonds is 2. The molecule has 0 radical (unpaired) electrons.